The van der Waals surface area contributed by atoms with Gasteiger partial charge in [-0.3, -0.25) is 9.59 Å². The lowest BCUT2D eigenvalue weighted by molar-refractivity contribution is -0.455. The summed E-state index contributed by atoms with van der Waals surface area (Å²) in [7, 11) is 0. The van der Waals surface area contributed by atoms with Crippen molar-refractivity contribution in [3.63, 3.8) is 0 Å². The van der Waals surface area contributed by atoms with E-state index in [1.165, 1.54) is 0 Å². The van der Waals surface area contributed by atoms with E-state index < -0.39 is 23.9 Å². The van der Waals surface area contributed by atoms with Gasteiger partial charge in [-0.05, 0) is 24.0 Å². The van der Waals surface area contributed by atoms with Gasteiger partial charge in [-0.15, -0.1) is 0 Å². The fourth-order valence-corrected chi connectivity index (χ4v) is 3.72. The Bertz CT molecular complexity index is 821. The molecule has 0 aliphatic heterocycles. The number of hydrogen-bond donors (Lipinski definition) is 4. The predicted octanol–water partition coefficient (Wildman–Crippen LogP) is 4.32. The molecule has 2 atom stereocenters. The number of esters is 2. The van der Waals surface area contributed by atoms with Crippen LogP contribution in [0.2, 0.25) is 0 Å². The molecule has 2 rings (SSSR count). The Balaban J connectivity index is 1.93. The summed E-state index contributed by atoms with van der Waals surface area (Å²) in [4.78, 5) is 24.8. The van der Waals surface area contributed by atoms with Crippen LogP contribution in [0.4, 0.5) is 0 Å². The molecule has 0 aliphatic carbocycles. The molecular weight excluding hydrogens is 464 g/mol. The van der Waals surface area contributed by atoms with Crippen molar-refractivity contribution < 1.29 is 34.0 Å². The van der Waals surface area contributed by atoms with Crippen LogP contribution >= 0.6 is 25.3 Å². The van der Waals surface area contributed by atoms with Crippen LogP contribution in [0.1, 0.15) is 61.2 Å². The monoisotopic (exact) mass is 494 g/mol. The van der Waals surface area contributed by atoms with Crippen LogP contribution in [-0.2, 0) is 23.8 Å². The summed E-state index contributed by atoms with van der Waals surface area (Å²) in [5.41, 5.74) is 1.88. The molecule has 180 valence electrons. The molecule has 0 heterocycles. The maximum absolute atomic E-state index is 12.4. The van der Waals surface area contributed by atoms with Crippen LogP contribution in [0.3, 0.4) is 0 Å². The fraction of sp³-hybridized carbons (Fsp3) is 0.417. The second-order valence-electron chi connectivity index (χ2n) is 7.78. The summed E-state index contributed by atoms with van der Waals surface area (Å²) in [6, 6.07) is 18.8. The van der Waals surface area contributed by atoms with Crippen molar-refractivity contribution in [3.8, 4) is 0 Å². The molecule has 2 aromatic carbocycles. The summed E-state index contributed by atoms with van der Waals surface area (Å²) in [6.07, 6.45) is 0.591. The van der Waals surface area contributed by atoms with Gasteiger partial charge in [0.2, 0.25) is 0 Å². The molecule has 0 saturated heterocycles. The van der Waals surface area contributed by atoms with E-state index in [-0.39, 0.29) is 23.3 Å². The molecule has 0 bridgehead atoms. The van der Waals surface area contributed by atoms with Crippen LogP contribution < -0.4 is 0 Å². The average Bonchev–Trinajstić information content (AvgIpc) is 2.75. The number of thiol groups is 2. The highest BCUT2D eigenvalue weighted by Gasteiger charge is 2.41. The first-order valence-corrected chi connectivity index (χ1v) is 11.6. The molecule has 0 saturated carbocycles. The molecule has 0 fully saturated rings. The molecule has 0 aliphatic rings. The molecule has 0 radical (unpaired) electrons. The first-order chi connectivity index (χ1) is 15.5. The number of benzene rings is 2. The zero-order valence-electron chi connectivity index (χ0n) is 18.6. The molecule has 0 aromatic heterocycles. The minimum atomic E-state index is -2.71. The number of carbonyl (C=O) groups is 2. The van der Waals surface area contributed by atoms with Gasteiger partial charge in [0, 0.05) is 37.2 Å². The van der Waals surface area contributed by atoms with Crippen molar-refractivity contribution in [1.82, 2.24) is 0 Å². The van der Waals surface area contributed by atoms with Gasteiger partial charge in [0.15, 0.2) is 0 Å². The molecular formula is C24H30O7S2. The number of aliphatic hydroxyl groups is 2. The summed E-state index contributed by atoms with van der Waals surface area (Å²) in [5, 5.41) is 18.9. The zero-order valence-corrected chi connectivity index (χ0v) is 20.4. The molecule has 0 amide bonds. The molecule has 33 heavy (non-hydrogen) atoms. The highest BCUT2D eigenvalue weighted by Crippen LogP contribution is 2.29. The van der Waals surface area contributed by atoms with Gasteiger partial charge in [-0.25, -0.2) is 4.74 Å². The highest BCUT2D eigenvalue weighted by atomic mass is 32.1. The van der Waals surface area contributed by atoms with Gasteiger partial charge in [-0.1, -0.05) is 60.7 Å². The summed E-state index contributed by atoms with van der Waals surface area (Å²) >= 11 is 8.99. The van der Waals surface area contributed by atoms with Crippen molar-refractivity contribution in [3.05, 3.63) is 71.8 Å². The van der Waals surface area contributed by atoms with E-state index in [0.717, 1.165) is 25.0 Å². The fourth-order valence-electron chi connectivity index (χ4n) is 3.12. The maximum atomic E-state index is 12.4. The summed E-state index contributed by atoms with van der Waals surface area (Å²) < 4.78 is 15.3. The molecule has 0 spiro atoms. The first-order valence-electron chi connectivity index (χ1n) is 10.5. The second-order valence-corrected chi connectivity index (χ2v) is 9.02. The lowest BCUT2D eigenvalue weighted by Crippen LogP contribution is -2.47. The van der Waals surface area contributed by atoms with Crippen LogP contribution in [-0.4, -0.2) is 34.1 Å². The quantitative estimate of drug-likeness (QED) is 0.198. The Kier molecular flexibility index (Phi) is 10.2. The van der Waals surface area contributed by atoms with Crippen LogP contribution in [0.5, 0.6) is 0 Å². The lowest BCUT2D eigenvalue weighted by atomic mass is 10.1. The minimum absolute atomic E-state index is 0.0557. The topological polar surface area (TPSA) is 102 Å². The third-order valence-corrected chi connectivity index (χ3v) is 5.70. The van der Waals surface area contributed by atoms with Gasteiger partial charge in [0.05, 0.1) is 0 Å². The number of carbonyl (C=O) groups excluding carboxylic acids is 2. The standard InChI is InChI=1S/C24H30O7S2/c1-23(27,28)31-24(2,29-21(25)15-13-19(32)17-9-5-3-6-10-17)30-22(26)16-14-20(33)18-11-7-4-8-12-18/h3-12,19-20,27-28,32-33H,13-16H2,1-2H3. The Hall–Kier alpha value is -2.04. The minimum Gasteiger partial charge on any atom is -0.398 e. The lowest BCUT2D eigenvalue weighted by Gasteiger charge is -2.32. The van der Waals surface area contributed by atoms with Crippen molar-refractivity contribution in [2.45, 2.75) is 62.0 Å². The third-order valence-electron chi connectivity index (χ3n) is 4.59. The van der Waals surface area contributed by atoms with Gasteiger partial charge in [0.25, 0.3) is 5.97 Å². The third kappa shape index (κ3) is 10.2. The molecule has 2 unspecified atom stereocenters. The predicted molar refractivity (Wildman–Crippen MR) is 129 cm³/mol. The van der Waals surface area contributed by atoms with Crippen LogP contribution in [0.25, 0.3) is 0 Å². The van der Waals surface area contributed by atoms with E-state index in [1.54, 1.807) is 0 Å². The maximum Gasteiger partial charge on any atom is 0.376 e. The van der Waals surface area contributed by atoms with Crippen molar-refractivity contribution in [2.75, 3.05) is 0 Å². The second kappa shape index (κ2) is 12.4. The van der Waals surface area contributed by atoms with Gasteiger partial charge >= 0.3 is 17.9 Å². The SMILES string of the molecule is CC(O)(O)OC(C)(OC(=O)CCC(S)c1ccccc1)OC(=O)CCC(S)c1ccccc1. The highest BCUT2D eigenvalue weighted by molar-refractivity contribution is 7.80. The molecule has 2 aromatic rings. The van der Waals surface area contributed by atoms with Crippen molar-refractivity contribution in [2.24, 2.45) is 0 Å². The van der Waals surface area contributed by atoms with E-state index in [1.807, 2.05) is 60.7 Å². The van der Waals surface area contributed by atoms with E-state index in [0.29, 0.717) is 12.8 Å². The number of hydrogen-bond acceptors (Lipinski definition) is 9. The number of rotatable bonds is 12. The summed E-state index contributed by atoms with van der Waals surface area (Å²) in [5.74, 6) is -6.53. The Labute approximate surface area is 204 Å². The van der Waals surface area contributed by atoms with E-state index >= 15 is 0 Å². The smallest absolute Gasteiger partial charge is 0.376 e. The van der Waals surface area contributed by atoms with Gasteiger partial charge in [-0.2, -0.15) is 25.3 Å². The van der Waals surface area contributed by atoms with Gasteiger partial charge < -0.3 is 19.7 Å². The van der Waals surface area contributed by atoms with Crippen molar-refractivity contribution >= 4 is 37.2 Å². The number of ether oxygens (including phenoxy) is 3. The molecule has 2 N–H and O–H groups in total. The van der Waals surface area contributed by atoms with E-state index in [9.17, 15) is 19.8 Å². The Morgan fingerprint density at radius 3 is 1.48 bits per heavy atom. The molecule has 9 heteroatoms. The Morgan fingerprint density at radius 1 is 0.788 bits per heavy atom. The Morgan fingerprint density at radius 2 is 1.15 bits per heavy atom. The van der Waals surface area contributed by atoms with Gasteiger partial charge in [0.1, 0.15) is 0 Å². The summed E-state index contributed by atoms with van der Waals surface area (Å²) in [6.45, 7) is 2.03. The zero-order chi connectivity index (χ0) is 24.5. The average molecular weight is 495 g/mol. The van der Waals surface area contributed by atoms with Crippen LogP contribution in [0.15, 0.2) is 60.7 Å². The van der Waals surface area contributed by atoms with Crippen LogP contribution in [0, 0.1) is 0 Å². The van der Waals surface area contributed by atoms with E-state index in [2.05, 4.69) is 25.3 Å². The normalized spacial score (nSPS) is 15.2. The van der Waals surface area contributed by atoms with Crippen molar-refractivity contribution in [1.29, 1.82) is 0 Å². The first kappa shape index (κ1) is 27.2. The van der Waals surface area contributed by atoms with E-state index in [4.69, 9.17) is 14.2 Å². The molecule has 7 nitrogen and oxygen atoms in total. The largest absolute Gasteiger partial charge is 0.398 e.